The highest BCUT2D eigenvalue weighted by Crippen LogP contribution is 2.35. The second-order valence-electron chi connectivity index (χ2n) is 6.11. The number of benzene rings is 2. The van der Waals surface area contributed by atoms with Crippen molar-refractivity contribution in [3.8, 4) is 5.75 Å². The van der Waals surface area contributed by atoms with Crippen LogP contribution >= 0.6 is 0 Å². The Hall–Kier alpha value is -2.49. The first-order valence-electron chi connectivity index (χ1n) is 7.51. The molecule has 1 heterocycles. The molecule has 0 atom stereocenters. The Morgan fingerprint density at radius 2 is 1.78 bits per heavy atom. The van der Waals surface area contributed by atoms with E-state index in [9.17, 15) is 4.39 Å². The lowest BCUT2D eigenvalue weighted by molar-refractivity contribution is 0.385. The summed E-state index contributed by atoms with van der Waals surface area (Å²) in [5, 5.41) is 0.985. The number of rotatable bonds is 3. The molecule has 0 N–H and O–H groups in total. The fourth-order valence-corrected chi connectivity index (χ4v) is 2.86. The number of hydrogen-bond acceptors (Lipinski definition) is 3. The van der Waals surface area contributed by atoms with Crippen LogP contribution in [0.2, 0.25) is 0 Å². The minimum atomic E-state index is -0.458. The maximum Gasteiger partial charge on any atom is 0.165 e. The van der Waals surface area contributed by atoms with Gasteiger partial charge in [0.25, 0.3) is 0 Å². The third kappa shape index (κ3) is 2.65. The molecule has 3 aromatic rings. The van der Waals surface area contributed by atoms with Crippen LogP contribution in [0.1, 0.15) is 30.9 Å². The van der Waals surface area contributed by atoms with Crippen molar-refractivity contribution in [1.82, 2.24) is 9.97 Å². The number of halogens is 1. The summed E-state index contributed by atoms with van der Waals surface area (Å²) in [6, 6.07) is 13.0. The topological polar surface area (TPSA) is 35.0 Å². The van der Waals surface area contributed by atoms with Crippen LogP contribution in [0.5, 0.6) is 5.75 Å². The smallest absolute Gasteiger partial charge is 0.165 e. The number of nitrogens with zero attached hydrogens (tertiary/aromatic N) is 2. The van der Waals surface area contributed by atoms with Crippen LogP contribution in [0.15, 0.2) is 42.5 Å². The van der Waals surface area contributed by atoms with E-state index in [2.05, 4.69) is 9.97 Å². The molecule has 3 rings (SSSR count). The van der Waals surface area contributed by atoms with Gasteiger partial charge in [0.05, 0.1) is 18.3 Å². The molecule has 0 aliphatic heterocycles. The first-order valence-corrected chi connectivity index (χ1v) is 7.51. The quantitative estimate of drug-likeness (QED) is 0.718. The standard InChI is InChI=1S/C19H19FN2O/c1-12-21-16-8-6-5-7-14(16)18(22-12)19(2,3)13-9-10-17(23-4)15(20)11-13/h5-11H,1-4H3. The molecule has 1 aromatic heterocycles. The second kappa shape index (κ2) is 5.61. The van der Waals surface area contributed by atoms with Crippen molar-refractivity contribution < 1.29 is 9.13 Å². The first-order chi connectivity index (χ1) is 10.9. The maximum atomic E-state index is 14.1. The Balaban J connectivity index is 2.22. The molecule has 3 nitrogen and oxygen atoms in total. The molecule has 0 saturated carbocycles. The summed E-state index contributed by atoms with van der Waals surface area (Å²) in [5.41, 5.74) is 2.18. The van der Waals surface area contributed by atoms with E-state index in [1.807, 2.05) is 51.1 Å². The number of para-hydroxylation sites is 1. The Labute approximate surface area is 135 Å². The van der Waals surface area contributed by atoms with E-state index in [0.717, 1.165) is 22.2 Å². The van der Waals surface area contributed by atoms with Gasteiger partial charge in [0.15, 0.2) is 11.6 Å². The van der Waals surface area contributed by atoms with E-state index in [1.54, 1.807) is 6.07 Å². The molecule has 0 radical (unpaired) electrons. The van der Waals surface area contributed by atoms with Crippen molar-refractivity contribution in [3.63, 3.8) is 0 Å². The molecule has 0 unspecified atom stereocenters. The highest BCUT2D eigenvalue weighted by molar-refractivity contribution is 5.82. The molecule has 0 spiro atoms. The van der Waals surface area contributed by atoms with Gasteiger partial charge in [0, 0.05) is 10.8 Å². The van der Waals surface area contributed by atoms with E-state index in [0.29, 0.717) is 5.82 Å². The summed E-state index contributed by atoms with van der Waals surface area (Å²) in [6.45, 7) is 5.96. The average molecular weight is 310 g/mol. The number of ether oxygens (including phenoxy) is 1. The zero-order valence-electron chi connectivity index (χ0n) is 13.7. The third-order valence-corrected chi connectivity index (χ3v) is 4.18. The second-order valence-corrected chi connectivity index (χ2v) is 6.11. The van der Waals surface area contributed by atoms with E-state index in [1.165, 1.54) is 13.2 Å². The lowest BCUT2D eigenvalue weighted by atomic mass is 9.79. The van der Waals surface area contributed by atoms with Crippen LogP contribution < -0.4 is 4.74 Å². The highest BCUT2D eigenvalue weighted by atomic mass is 19.1. The Morgan fingerprint density at radius 1 is 1.04 bits per heavy atom. The molecular weight excluding hydrogens is 291 g/mol. The minimum Gasteiger partial charge on any atom is -0.494 e. The molecule has 0 bridgehead atoms. The van der Waals surface area contributed by atoms with E-state index in [-0.39, 0.29) is 11.6 Å². The molecule has 4 heteroatoms. The molecule has 0 aliphatic carbocycles. The Bertz CT molecular complexity index is 874. The fraction of sp³-hybridized carbons (Fsp3) is 0.263. The summed E-state index contributed by atoms with van der Waals surface area (Å²) in [5.74, 6) is 0.585. The molecular formula is C19H19FN2O. The Morgan fingerprint density at radius 3 is 2.48 bits per heavy atom. The van der Waals surface area contributed by atoms with Gasteiger partial charge in [-0.2, -0.15) is 0 Å². The molecule has 2 aromatic carbocycles. The van der Waals surface area contributed by atoms with Gasteiger partial charge in [0.2, 0.25) is 0 Å². The van der Waals surface area contributed by atoms with Gasteiger partial charge in [0.1, 0.15) is 5.82 Å². The predicted molar refractivity (Wildman–Crippen MR) is 89.4 cm³/mol. The summed E-state index contributed by atoms with van der Waals surface area (Å²) >= 11 is 0. The zero-order chi connectivity index (χ0) is 16.6. The molecule has 23 heavy (non-hydrogen) atoms. The van der Waals surface area contributed by atoms with Gasteiger partial charge < -0.3 is 4.74 Å². The van der Waals surface area contributed by atoms with Gasteiger partial charge >= 0.3 is 0 Å². The van der Waals surface area contributed by atoms with Crippen molar-refractivity contribution in [3.05, 3.63) is 65.4 Å². The van der Waals surface area contributed by atoms with Gasteiger partial charge in [-0.15, -0.1) is 0 Å². The summed E-state index contributed by atoms with van der Waals surface area (Å²) in [7, 11) is 1.46. The van der Waals surface area contributed by atoms with Crippen LogP contribution in [0.4, 0.5) is 4.39 Å². The van der Waals surface area contributed by atoms with Crippen molar-refractivity contribution in [1.29, 1.82) is 0 Å². The van der Waals surface area contributed by atoms with E-state index in [4.69, 9.17) is 4.74 Å². The fourth-order valence-electron chi connectivity index (χ4n) is 2.86. The molecule has 0 saturated heterocycles. The number of methoxy groups -OCH3 is 1. The number of aromatic nitrogens is 2. The first kappa shape index (κ1) is 15.4. The number of fused-ring (bicyclic) bond motifs is 1. The largest absolute Gasteiger partial charge is 0.494 e. The monoisotopic (exact) mass is 310 g/mol. The van der Waals surface area contributed by atoms with Crippen molar-refractivity contribution >= 4 is 10.9 Å². The van der Waals surface area contributed by atoms with E-state index < -0.39 is 5.41 Å². The van der Waals surface area contributed by atoms with Gasteiger partial charge in [-0.1, -0.05) is 38.1 Å². The zero-order valence-corrected chi connectivity index (χ0v) is 13.7. The SMILES string of the molecule is COc1ccc(C(C)(C)c2nc(C)nc3ccccc23)cc1F. The summed E-state index contributed by atoms with van der Waals surface area (Å²) in [4.78, 5) is 9.14. The third-order valence-electron chi connectivity index (χ3n) is 4.18. The number of aryl methyl sites for hydroxylation is 1. The van der Waals surface area contributed by atoms with Crippen LogP contribution in [-0.2, 0) is 5.41 Å². The Kier molecular flexibility index (Phi) is 3.76. The van der Waals surface area contributed by atoms with Crippen molar-refractivity contribution in [2.24, 2.45) is 0 Å². The average Bonchev–Trinajstić information content (AvgIpc) is 2.53. The molecule has 0 amide bonds. The van der Waals surface area contributed by atoms with E-state index >= 15 is 0 Å². The van der Waals surface area contributed by atoms with Gasteiger partial charge in [-0.25, -0.2) is 14.4 Å². The highest BCUT2D eigenvalue weighted by Gasteiger charge is 2.28. The maximum absolute atomic E-state index is 14.1. The molecule has 0 aliphatic rings. The van der Waals surface area contributed by atoms with Crippen molar-refractivity contribution in [2.45, 2.75) is 26.2 Å². The minimum absolute atomic E-state index is 0.244. The van der Waals surface area contributed by atoms with Gasteiger partial charge in [-0.05, 0) is 30.7 Å². The van der Waals surface area contributed by atoms with Crippen LogP contribution in [0.3, 0.4) is 0 Å². The lowest BCUT2D eigenvalue weighted by Crippen LogP contribution is -2.22. The number of hydrogen-bond donors (Lipinski definition) is 0. The van der Waals surface area contributed by atoms with Crippen LogP contribution in [0, 0.1) is 12.7 Å². The molecule has 118 valence electrons. The van der Waals surface area contributed by atoms with Crippen LogP contribution in [0.25, 0.3) is 10.9 Å². The molecule has 0 fully saturated rings. The normalized spacial score (nSPS) is 11.7. The summed E-state index contributed by atoms with van der Waals surface area (Å²) in [6.07, 6.45) is 0. The van der Waals surface area contributed by atoms with Crippen LogP contribution in [-0.4, -0.2) is 17.1 Å². The summed E-state index contributed by atoms with van der Waals surface area (Å²) < 4.78 is 19.1. The lowest BCUT2D eigenvalue weighted by Gasteiger charge is -2.26. The van der Waals surface area contributed by atoms with Crippen molar-refractivity contribution in [2.75, 3.05) is 7.11 Å². The van der Waals surface area contributed by atoms with Gasteiger partial charge in [-0.3, -0.25) is 0 Å². The predicted octanol–water partition coefficient (Wildman–Crippen LogP) is 4.41.